The third-order valence-electron chi connectivity index (χ3n) is 6.86. The van der Waals surface area contributed by atoms with Gasteiger partial charge >= 0.3 is 0 Å². The highest BCUT2D eigenvalue weighted by Crippen LogP contribution is 2.32. The maximum Gasteiger partial charge on any atom is 0.116 e. The molecule has 0 N–H and O–H groups in total. The van der Waals surface area contributed by atoms with Gasteiger partial charge in [0.15, 0.2) is 0 Å². The van der Waals surface area contributed by atoms with Crippen molar-refractivity contribution in [2.75, 3.05) is 0 Å². The van der Waals surface area contributed by atoms with E-state index in [0.29, 0.717) is 0 Å². The van der Waals surface area contributed by atoms with Crippen LogP contribution in [-0.2, 0) is 16.2 Å². The van der Waals surface area contributed by atoms with Gasteiger partial charge < -0.3 is 13.3 Å². The quantitative estimate of drug-likeness (QED) is 0.199. The Morgan fingerprint density at radius 1 is 0.462 bits per heavy atom. The van der Waals surface area contributed by atoms with Crippen molar-refractivity contribution >= 4 is 32.3 Å². The highest BCUT2D eigenvalue weighted by Gasteiger charge is 2.20. The van der Waals surface area contributed by atoms with Crippen molar-refractivity contribution < 1.29 is 13.3 Å². The molecule has 0 saturated heterocycles. The van der Waals surface area contributed by atoms with E-state index >= 15 is 0 Å². The van der Waals surface area contributed by atoms with Gasteiger partial charge in [0.2, 0.25) is 0 Å². The second-order valence-corrected chi connectivity index (χ2v) is 13.3. The first-order chi connectivity index (χ1) is 18.2. The number of furan rings is 3. The topological polar surface area (TPSA) is 39.4 Å². The van der Waals surface area contributed by atoms with E-state index in [0.717, 1.165) is 5.76 Å². The van der Waals surface area contributed by atoms with Gasteiger partial charge in [0, 0.05) is 37.7 Å². The molecule has 0 aliphatic rings. The smallest absolute Gasteiger partial charge is 0.116 e. The molecule has 0 fully saturated rings. The first kappa shape index (κ1) is 28.3. The summed E-state index contributed by atoms with van der Waals surface area (Å²) in [5.74, 6) is 1.07. The van der Waals surface area contributed by atoms with Crippen molar-refractivity contribution in [2.24, 2.45) is 0 Å². The molecule has 0 aliphatic carbocycles. The molecule has 0 atom stereocenters. The van der Waals surface area contributed by atoms with E-state index in [1.54, 1.807) is 18.8 Å². The van der Waals surface area contributed by atoms with Crippen molar-refractivity contribution in [1.29, 1.82) is 0 Å². The number of rotatable bonds is 0. The molecule has 0 saturated carbocycles. The van der Waals surface area contributed by atoms with Gasteiger partial charge in [-0.05, 0) is 28.0 Å². The molecule has 6 aromatic rings. The lowest BCUT2D eigenvalue weighted by Crippen LogP contribution is -2.10. The molecule has 0 bridgehead atoms. The zero-order valence-corrected chi connectivity index (χ0v) is 24.9. The van der Waals surface area contributed by atoms with Crippen LogP contribution in [0.4, 0.5) is 0 Å². The summed E-state index contributed by atoms with van der Waals surface area (Å²) in [4.78, 5) is 0. The van der Waals surface area contributed by atoms with Gasteiger partial charge in [-0.25, -0.2) is 0 Å². The lowest BCUT2D eigenvalue weighted by atomic mass is 9.85. The van der Waals surface area contributed by atoms with Crippen molar-refractivity contribution in [3.63, 3.8) is 0 Å². The van der Waals surface area contributed by atoms with Crippen molar-refractivity contribution in [1.82, 2.24) is 0 Å². The first-order valence-electron chi connectivity index (χ1n) is 13.6. The van der Waals surface area contributed by atoms with E-state index in [2.05, 4.69) is 111 Å². The molecule has 3 aromatic heterocycles. The normalized spacial score (nSPS) is 12.2. The highest BCUT2D eigenvalue weighted by atomic mass is 16.3. The Morgan fingerprint density at radius 2 is 1.08 bits per heavy atom. The summed E-state index contributed by atoms with van der Waals surface area (Å²) in [5.41, 5.74) is 3.18. The molecule has 0 aliphatic heterocycles. The SMILES string of the molecule is CC(C)(C)c1ccc2cocc2c1.CC(C)(C)c1cccc2cocc12.CC(C)(C)c1occ2ccccc12. The molecule has 0 unspecified atom stereocenters. The molecule has 3 nitrogen and oxygen atoms in total. The molecule has 3 heterocycles. The summed E-state index contributed by atoms with van der Waals surface area (Å²) in [6.07, 6.45) is 9.03. The first-order valence-corrected chi connectivity index (χ1v) is 13.6. The van der Waals surface area contributed by atoms with Crippen LogP contribution >= 0.6 is 0 Å². The monoisotopic (exact) mass is 522 g/mol. The Balaban J connectivity index is 0.000000136. The summed E-state index contributed by atoms with van der Waals surface area (Å²) in [6.45, 7) is 19.8. The number of hydrogen-bond donors (Lipinski definition) is 0. The van der Waals surface area contributed by atoms with E-state index in [-0.39, 0.29) is 16.2 Å². The molecular weight excluding hydrogens is 480 g/mol. The molecule has 6 rings (SSSR count). The molecule has 0 radical (unpaired) electrons. The minimum Gasteiger partial charge on any atom is -0.471 e. The van der Waals surface area contributed by atoms with Crippen LogP contribution in [0.3, 0.4) is 0 Å². The Bertz CT molecular complexity index is 1650. The van der Waals surface area contributed by atoms with Gasteiger partial charge in [0.25, 0.3) is 0 Å². The van der Waals surface area contributed by atoms with Crippen LogP contribution in [0.15, 0.2) is 105 Å². The number of benzene rings is 3. The Hall–Kier alpha value is -3.72. The van der Waals surface area contributed by atoms with Gasteiger partial charge in [-0.15, -0.1) is 0 Å². The van der Waals surface area contributed by atoms with Crippen LogP contribution in [0.25, 0.3) is 32.3 Å². The number of fused-ring (bicyclic) bond motifs is 3. The highest BCUT2D eigenvalue weighted by molar-refractivity contribution is 5.86. The second-order valence-electron chi connectivity index (χ2n) is 13.3. The molecule has 3 heteroatoms. The zero-order valence-electron chi connectivity index (χ0n) is 24.9. The van der Waals surface area contributed by atoms with Gasteiger partial charge in [-0.3, -0.25) is 0 Å². The van der Waals surface area contributed by atoms with E-state index in [9.17, 15) is 0 Å². The Labute approximate surface area is 232 Å². The van der Waals surface area contributed by atoms with Gasteiger partial charge in [0.05, 0.1) is 31.3 Å². The van der Waals surface area contributed by atoms with E-state index in [4.69, 9.17) is 13.3 Å². The lowest BCUT2D eigenvalue weighted by Gasteiger charge is -2.19. The van der Waals surface area contributed by atoms with E-state index in [1.807, 2.05) is 24.7 Å². The summed E-state index contributed by atoms with van der Waals surface area (Å²) in [7, 11) is 0. The maximum absolute atomic E-state index is 5.58. The minimum absolute atomic E-state index is 0.0864. The zero-order chi connectivity index (χ0) is 28.4. The Kier molecular flexibility index (Phi) is 7.84. The molecular formula is C36H42O3. The van der Waals surface area contributed by atoms with Crippen LogP contribution in [-0.4, -0.2) is 0 Å². The van der Waals surface area contributed by atoms with Crippen LogP contribution in [0.1, 0.15) is 79.2 Å². The second kappa shape index (κ2) is 10.8. The predicted octanol–water partition coefficient (Wildman–Crippen LogP) is 11.2. The summed E-state index contributed by atoms with van der Waals surface area (Å²) in [6, 6.07) is 21.1. The average molecular weight is 523 g/mol. The standard InChI is InChI=1S/3C12H14O/c1-12(2,3)11-5-4-9-7-13-8-10(9)6-11;1-12(2,3)11-6-4-5-9-7-13-8-10(9)11;1-12(2,3)11-10-7-5-4-6-9(10)8-13-11/h3*4-8H,1-3H3. The van der Waals surface area contributed by atoms with Crippen LogP contribution < -0.4 is 0 Å². The van der Waals surface area contributed by atoms with Crippen molar-refractivity contribution in [3.8, 4) is 0 Å². The van der Waals surface area contributed by atoms with Gasteiger partial charge in [-0.2, -0.15) is 0 Å². The summed E-state index contributed by atoms with van der Waals surface area (Å²) in [5, 5.41) is 7.20. The Morgan fingerprint density at radius 3 is 1.77 bits per heavy atom. The van der Waals surface area contributed by atoms with Crippen LogP contribution in [0.5, 0.6) is 0 Å². The van der Waals surface area contributed by atoms with Crippen molar-refractivity contribution in [3.05, 3.63) is 109 Å². The fourth-order valence-electron chi connectivity index (χ4n) is 4.65. The van der Waals surface area contributed by atoms with E-state index in [1.165, 1.54) is 43.4 Å². The fourth-order valence-corrected chi connectivity index (χ4v) is 4.65. The molecule has 0 amide bonds. The van der Waals surface area contributed by atoms with Gasteiger partial charge in [-0.1, -0.05) is 117 Å². The molecule has 0 spiro atoms. The largest absolute Gasteiger partial charge is 0.471 e. The third kappa shape index (κ3) is 6.65. The number of hydrogen-bond acceptors (Lipinski definition) is 3. The van der Waals surface area contributed by atoms with Crippen molar-refractivity contribution in [2.45, 2.75) is 78.6 Å². The predicted molar refractivity (Wildman–Crippen MR) is 165 cm³/mol. The lowest BCUT2D eigenvalue weighted by molar-refractivity contribution is 0.415. The molecule has 3 aromatic carbocycles. The average Bonchev–Trinajstić information content (AvgIpc) is 3.61. The van der Waals surface area contributed by atoms with Crippen LogP contribution in [0.2, 0.25) is 0 Å². The third-order valence-corrected chi connectivity index (χ3v) is 6.86. The van der Waals surface area contributed by atoms with Crippen LogP contribution in [0, 0.1) is 0 Å². The fraction of sp³-hybridized carbons (Fsp3) is 0.333. The minimum atomic E-state index is 0.0864. The summed E-state index contributed by atoms with van der Waals surface area (Å²) >= 11 is 0. The molecule has 204 valence electrons. The maximum atomic E-state index is 5.58. The van der Waals surface area contributed by atoms with Gasteiger partial charge in [0.1, 0.15) is 5.76 Å². The van der Waals surface area contributed by atoms with E-state index < -0.39 is 0 Å². The molecule has 39 heavy (non-hydrogen) atoms. The summed E-state index contributed by atoms with van der Waals surface area (Å²) < 4.78 is 15.9.